The van der Waals surface area contributed by atoms with Gasteiger partial charge in [-0.2, -0.15) is 0 Å². The third-order valence-corrected chi connectivity index (χ3v) is 4.60. The molecule has 0 spiro atoms. The molecule has 0 saturated heterocycles. The Bertz CT molecular complexity index is 491. The maximum absolute atomic E-state index is 4.24. The van der Waals surface area contributed by atoms with E-state index in [1.807, 2.05) is 31.1 Å². The molecule has 0 bridgehead atoms. The van der Waals surface area contributed by atoms with Crippen LogP contribution in [-0.4, -0.2) is 26.8 Å². The molecule has 0 amide bonds. The summed E-state index contributed by atoms with van der Waals surface area (Å²) >= 11 is 3.39. The van der Waals surface area contributed by atoms with E-state index in [1.54, 1.807) is 23.1 Å². The standard InChI is InChI=1S/C10H15N5S2/c1-7-8(17-6-12-7)5-16-10-14-13-9(4-11-2)15(10)3/h6,11H,4-5H2,1-3H3. The van der Waals surface area contributed by atoms with Gasteiger partial charge in [-0.15, -0.1) is 21.5 Å². The maximum Gasteiger partial charge on any atom is 0.191 e. The predicted octanol–water partition coefficient (Wildman–Crippen LogP) is 1.59. The van der Waals surface area contributed by atoms with E-state index in [4.69, 9.17) is 0 Å². The van der Waals surface area contributed by atoms with Crippen LogP contribution >= 0.6 is 23.1 Å². The minimum absolute atomic E-state index is 0.740. The molecular formula is C10H15N5S2. The van der Waals surface area contributed by atoms with Crippen molar-refractivity contribution >= 4 is 23.1 Å². The Morgan fingerprint density at radius 2 is 2.29 bits per heavy atom. The van der Waals surface area contributed by atoms with E-state index in [-0.39, 0.29) is 0 Å². The molecule has 17 heavy (non-hydrogen) atoms. The molecule has 0 aliphatic heterocycles. The fourth-order valence-electron chi connectivity index (χ4n) is 1.38. The Kier molecular flexibility index (Phi) is 4.14. The molecule has 2 heterocycles. The van der Waals surface area contributed by atoms with Gasteiger partial charge in [0.1, 0.15) is 5.82 Å². The lowest BCUT2D eigenvalue weighted by Crippen LogP contribution is -2.10. The van der Waals surface area contributed by atoms with E-state index >= 15 is 0 Å². The van der Waals surface area contributed by atoms with Crippen molar-refractivity contribution in [2.24, 2.45) is 7.05 Å². The van der Waals surface area contributed by atoms with Gasteiger partial charge in [-0.1, -0.05) is 11.8 Å². The molecule has 0 unspecified atom stereocenters. The number of thioether (sulfide) groups is 1. The van der Waals surface area contributed by atoms with Gasteiger partial charge in [0, 0.05) is 17.7 Å². The van der Waals surface area contributed by atoms with Crippen molar-refractivity contribution in [2.45, 2.75) is 24.4 Å². The Morgan fingerprint density at radius 1 is 1.47 bits per heavy atom. The summed E-state index contributed by atoms with van der Waals surface area (Å²) in [6.07, 6.45) is 0. The van der Waals surface area contributed by atoms with Gasteiger partial charge in [-0.05, 0) is 14.0 Å². The fraction of sp³-hybridized carbons (Fsp3) is 0.500. The predicted molar refractivity (Wildman–Crippen MR) is 70.2 cm³/mol. The molecule has 2 aromatic heterocycles. The van der Waals surface area contributed by atoms with Gasteiger partial charge >= 0.3 is 0 Å². The summed E-state index contributed by atoms with van der Waals surface area (Å²) in [5.41, 5.74) is 2.99. The number of aryl methyl sites for hydroxylation is 1. The summed E-state index contributed by atoms with van der Waals surface area (Å²) in [4.78, 5) is 5.54. The van der Waals surface area contributed by atoms with Crippen molar-refractivity contribution in [1.82, 2.24) is 25.1 Å². The summed E-state index contributed by atoms with van der Waals surface area (Å²) < 4.78 is 2.03. The Labute approximate surface area is 109 Å². The molecule has 0 radical (unpaired) electrons. The zero-order valence-corrected chi connectivity index (χ0v) is 11.7. The summed E-state index contributed by atoms with van der Waals surface area (Å²) in [6.45, 7) is 2.78. The summed E-state index contributed by atoms with van der Waals surface area (Å²) in [6, 6.07) is 0. The van der Waals surface area contributed by atoms with Crippen molar-refractivity contribution in [3.05, 3.63) is 21.9 Å². The van der Waals surface area contributed by atoms with Crippen molar-refractivity contribution < 1.29 is 0 Å². The number of aromatic nitrogens is 4. The van der Waals surface area contributed by atoms with E-state index in [9.17, 15) is 0 Å². The lowest BCUT2D eigenvalue weighted by molar-refractivity contribution is 0.682. The van der Waals surface area contributed by atoms with Crippen molar-refractivity contribution in [1.29, 1.82) is 0 Å². The summed E-state index contributed by atoms with van der Waals surface area (Å²) in [5, 5.41) is 12.4. The number of nitrogens with one attached hydrogen (secondary N) is 1. The third kappa shape index (κ3) is 2.85. The topological polar surface area (TPSA) is 55.6 Å². The van der Waals surface area contributed by atoms with E-state index < -0.39 is 0 Å². The first-order valence-electron chi connectivity index (χ1n) is 5.27. The Hall–Kier alpha value is -0.920. The fourth-order valence-corrected chi connectivity index (χ4v) is 3.25. The zero-order chi connectivity index (χ0) is 12.3. The van der Waals surface area contributed by atoms with Crippen LogP contribution in [0.1, 0.15) is 16.4 Å². The second-order valence-electron chi connectivity index (χ2n) is 3.64. The van der Waals surface area contributed by atoms with Crippen LogP contribution < -0.4 is 5.32 Å². The average molecular weight is 269 g/mol. The lowest BCUT2D eigenvalue weighted by atomic mass is 10.4. The molecule has 0 aliphatic carbocycles. The molecule has 0 aromatic carbocycles. The van der Waals surface area contributed by atoms with Gasteiger partial charge in [-0.25, -0.2) is 4.98 Å². The number of hydrogen-bond acceptors (Lipinski definition) is 6. The van der Waals surface area contributed by atoms with Gasteiger partial charge in [0.15, 0.2) is 5.16 Å². The number of nitrogens with zero attached hydrogens (tertiary/aromatic N) is 4. The number of hydrogen-bond donors (Lipinski definition) is 1. The lowest BCUT2D eigenvalue weighted by Gasteiger charge is -2.02. The first-order chi connectivity index (χ1) is 8.22. The SMILES string of the molecule is CNCc1nnc(SCc2scnc2C)n1C. The minimum Gasteiger partial charge on any atom is -0.313 e. The monoisotopic (exact) mass is 269 g/mol. The minimum atomic E-state index is 0.740. The van der Waals surface area contributed by atoms with E-state index in [0.29, 0.717) is 0 Å². The first kappa shape index (κ1) is 12.5. The van der Waals surface area contributed by atoms with Crippen molar-refractivity contribution in [2.75, 3.05) is 7.05 Å². The summed E-state index contributed by atoms with van der Waals surface area (Å²) in [7, 11) is 3.90. The number of rotatable bonds is 5. The van der Waals surface area contributed by atoms with Crippen LogP contribution in [0.25, 0.3) is 0 Å². The van der Waals surface area contributed by atoms with Gasteiger partial charge < -0.3 is 9.88 Å². The molecule has 0 aliphatic rings. The molecule has 0 fully saturated rings. The molecule has 2 aromatic rings. The molecular weight excluding hydrogens is 254 g/mol. The molecule has 2 rings (SSSR count). The van der Waals surface area contributed by atoms with E-state index in [1.165, 1.54) is 4.88 Å². The molecule has 0 saturated carbocycles. The van der Waals surface area contributed by atoms with Crippen LogP contribution in [0.15, 0.2) is 10.7 Å². The van der Waals surface area contributed by atoms with Crippen LogP contribution in [0.5, 0.6) is 0 Å². The highest BCUT2D eigenvalue weighted by atomic mass is 32.2. The highest BCUT2D eigenvalue weighted by Crippen LogP contribution is 2.24. The maximum atomic E-state index is 4.24. The van der Waals surface area contributed by atoms with Gasteiger partial charge in [-0.3, -0.25) is 0 Å². The van der Waals surface area contributed by atoms with Crippen LogP contribution in [0.4, 0.5) is 0 Å². The third-order valence-electron chi connectivity index (χ3n) is 2.44. The van der Waals surface area contributed by atoms with E-state index in [0.717, 1.165) is 29.0 Å². The van der Waals surface area contributed by atoms with Crippen LogP contribution in [0.2, 0.25) is 0 Å². The second kappa shape index (κ2) is 5.61. The summed E-state index contributed by atoms with van der Waals surface area (Å²) in [5.74, 6) is 1.86. The van der Waals surface area contributed by atoms with Gasteiger partial charge in [0.2, 0.25) is 0 Å². The molecule has 92 valence electrons. The molecule has 1 N–H and O–H groups in total. The molecule has 5 nitrogen and oxygen atoms in total. The van der Waals surface area contributed by atoms with Crippen LogP contribution in [0.3, 0.4) is 0 Å². The second-order valence-corrected chi connectivity index (χ2v) is 5.52. The smallest absolute Gasteiger partial charge is 0.191 e. The average Bonchev–Trinajstić information content (AvgIpc) is 2.86. The highest BCUT2D eigenvalue weighted by Gasteiger charge is 2.10. The first-order valence-corrected chi connectivity index (χ1v) is 7.13. The van der Waals surface area contributed by atoms with Gasteiger partial charge in [0.25, 0.3) is 0 Å². The Balaban J connectivity index is 2.02. The number of thiazole rings is 1. The van der Waals surface area contributed by atoms with Crippen molar-refractivity contribution in [3.8, 4) is 0 Å². The quantitative estimate of drug-likeness (QED) is 0.835. The van der Waals surface area contributed by atoms with Crippen molar-refractivity contribution in [3.63, 3.8) is 0 Å². The Morgan fingerprint density at radius 3 is 2.94 bits per heavy atom. The van der Waals surface area contributed by atoms with Crippen LogP contribution in [0, 0.1) is 6.92 Å². The highest BCUT2D eigenvalue weighted by molar-refractivity contribution is 7.98. The zero-order valence-electron chi connectivity index (χ0n) is 10.1. The molecule has 7 heteroatoms. The molecule has 0 atom stereocenters. The largest absolute Gasteiger partial charge is 0.313 e. The van der Waals surface area contributed by atoms with E-state index in [2.05, 4.69) is 20.5 Å². The normalized spacial score (nSPS) is 11.0. The van der Waals surface area contributed by atoms with Gasteiger partial charge in [0.05, 0.1) is 17.7 Å². The van der Waals surface area contributed by atoms with Crippen LogP contribution in [-0.2, 0) is 19.3 Å².